The van der Waals surface area contributed by atoms with Gasteiger partial charge in [0, 0.05) is 32.3 Å². The van der Waals surface area contributed by atoms with Crippen molar-refractivity contribution in [1.82, 2.24) is 5.32 Å². The number of hydrogen-bond acceptors (Lipinski definition) is 5. The Morgan fingerprint density at radius 2 is 1.47 bits per heavy atom. The van der Waals surface area contributed by atoms with E-state index in [1.807, 2.05) is 24.3 Å². The standard InChI is InChI=1S/C35H25BrF3N3O4S/c36-24-12-10-22(11-13-24)31-19-16-26(46-31)20-30(42-33(44)23-6-2-1-3-7-23)34(45)40-25-14-17-27(18-15-25)47-21-32(43)41-29-9-5-4-8-28(29)35(37,38)39/h1-20H,21H2,(H,40,45)(H,41,43)(H,42,44)/b30-20-. The van der Waals surface area contributed by atoms with Gasteiger partial charge in [-0.2, -0.15) is 13.2 Å². The Morgan fingerprint density at radius 3 is 2.17 bits per heavy atom. The van der Waals surface area contributed by atoms with E-state index in [1.54, 1.807) is 66.7 Å². The number of benzene rings is 4. The Kier molecular flexibility index (Phi) is 10.6. The average molecular weight is 721 g/mol. The minimum absolute atomic E-state index is 0.0650. The second-order valence-corrected chi connectivity index (χ2v) is 11.9. The van der Waals surface area contributed by atoms with E-state index in [0.29, 0.717) is 27.7 Å². The number of rotatable bonds is 10. The van der Waals surface area contributed by atoms with Crippen molar-refractivity contribution in [2.75, 3.05) is 16.4 Å². The van der Waals surface area contributed by atoms with Crippen LogP contribution in [0.15, 0.2) is 135 Å². The number of furan rings is 1. The molecule has 0 saturated heterocycles. The monoisotopic (exact) mass is 719 g/mol. The van der Waals surface area contributed by atoms with Gasteiger partial charge >= 0.3 is 6.18 Å². The lowest BCUT2D eigenvalue weighted by atomic mass is 10.1. The number of hydrogen-bond donors (Lipinski definition) is 3. The molecule has 238 valence electrons. The van der Waals surface area contributed by atoms with Crippen LogP contribution in [0.4, 0.5) is 24.5 Å². The topological polar surface area (TPSA) is 100 Å². The smallest absolute Gasteiger partial charge is 0.418 e. The van der Waals surface area contributed by atoms with Crippen LogP contribution < -0.4 is 16.0 Å². The van der Waals surface area contributed by atoms with E-state index in [4.69, 9.17) is 4.42 Å². The molecule has 1 heterocycles. The minimum atomic E-state index is -4.60. The van der Waals surface area contributed by atoms with E-state index in [1.165, 1.54) is 24.3 Å². The molecule has 4 aromatic carbocycles. The van der Waals surface area contributed by atoms with E-state index in [-0.39, 0.29) is 17.1 Å². The van der Waals surface area contributed by atoms with Crippen molar-refractivity contribution in [1.29, 1.82) is 0 Å². The maximum Gasteiger partial charge on any atom is 0.418 e. The van der Waals surface area contributed by atoms with Crippen LogP contribution in [0.2, 0.25) is 0 Å². The number of para-hydroxylation sites is 1. The maximum atomic E-state index is 13.4. The molecule has 0 unspecified atom stereocenters. The van der Waals surface area contributed by atoms with E-state index in [0.717, 1.165) is 27.9 Å². The summed E-state index contributed by atoms with van der Waals surface area (Å²) in [5.74, 6) is -0.932. The predicted octanol–water partition coefficient (Wildman–Crippen LogP) is 8.87. The first-order valence-electron chi connectivity index (χ1n) is 14.0. The third kappa shape index (κ3) is 9.24. The van der Waals surface area contributed by atoms with Gasteiger partial charge in [0.2, 0.25) is 5.91 Å². The Morgan fingerprint density at radius 1 is 0.787 bits per heavy atom. The number of alkyl halides is 3. The van der Waals surface area contributed by atoms with Crippen LogP contribution in [0, 0.1) is 0 Å². The molecule has 0 aliphatic rings. The summed E-state index contributed by atoms with van der Waals surface area (Å²) >= 11 is 4.52. The highest BCUT2D eigenvalue weighted by atomic mass is 79.9. The Hall–Kier alpha value is -5.07. The molecular weight excluding hydrogens is 695 g/mol. The summed E-state index contributed by atoms with van der Waals surface area (Å²) < 4.78 is 46.6. The molecule has 7 nitrogen and oxygen atoms in total. The first-order chi connectivity index (χ1) is 22.5. The molecular formula is C35H25BrF3N3O4S. The zero-order chi connectivity index (χ0) is 33.4. The van der Waals surface area contributed by atoms with Gasteiger partial charge < -0.3 is 20.4 Å². The highest BCUT2D eigenvalue weighted by molar-refractivity contribution is 9.10. The first kappa shape index (κ1) is 33.3. The molecule has 5 rings (SSSR count). The molecule has 0 aliphatic heterocycles. The molecule has 1 aromatic heterocycles. The van der Waals surface area contributed by atoms with Crippen LogP contribution >= 0.6 is 27.7 Å². The molecule has 0 atom stereocenters. The zero-order valence-corrected chi connectivity index (χ0v) is 26.7. The second-order valence-electron chi connectivity index (χ2n) is 9.95. The highest BCUT2D eigenvalue weighted by Crippen LogP contribution is 2.34. The third-order valence-corrected chi connectivity index (χ3v) is 8.10. The summed E-state index contributed by atoms with van der Waals surface area (Å²) in [5.41, 5.74) is 0.277. The van der Waals surface area contributed by atoms with Gasteiger partial charge in [-0.25, -0.2) is 0 Å². The van der Waals surface area contributed by atoms with Gasteiger partial charge in [0.1, 0.15) is 17.2 Å². The van der Waals surface area contributed by atoms with Gasteiger partial charge in [0.25, 0.3) is 11.8 Å². The maximum absolute atomic E-state index is 13.4. The SMILES string of the molecule is O=C(CSc1ccc(NC(=O)/C(=C/c2ccc(-c3ccc(Br)cc3)o2)NC(=O)c2ccccc2)cc1)Nc1ccccc1C(F)(F)F. The number of amides is 3. The van der Waals surface area contributed by atoms with Crippen molar-refractivity contribution in [3.05, 3.63) is 142 Å². The molecule has 47 heavy (non-hydrogen) atoms. The van der Waals surface area contributed by atoms with E-state index in [2.05, 4.69) is 31.9 Å². The summed E-state index contributed by atoms with van der Waals surface area (Å²) in [6.07, 6.45) is -3.17. The minimum Gasteiger partial charge on any atom is -0.457 e. The van der Waals surface area contributed by atoms with E-state index < -0.39 is 29.5 Å². The van der Waals surface area contributed by atoms with Crippen molar-refractivity contribution in [3.8, 4) is 11.3 Å². The highest BCUT2D eigenvalue weighted by Gasteiger charge is 2.33. The van der Waals surface area contributed by atoms with Crippen molar-refractivity contribution in [2.45, 2.75) is 11.1 Å². The number of anilines is 2. The molecule has 0 fully saturated rings. The lowest BCUT2D eigenvalue weighted by molar-refractivity contribution is -0.137. The molecule has 0 bridgehead atoms. The quantitative estimate of drug-likeness (QED) is 0.0989. The van der Waals surface area contributed by atoms with Crippen LogP contribution in [0.1, 0.15) is 21.7 Å². The fourth-order valence-corrected chi connectivity index (χ4v) is 5.25. The molecule has 0 saturated carbocycles. The zero-order valence-electron chi connectivity index (χ0n) is 24.3. The van der Waals surface area contributed by atoms with Crippen LogP contribution in [0.3, 0.4) is 0 Å². The fraction of sp³-hybridized carbons (Fsp3) is 0.0571. The molecule has 3 N–H and O–H groups in total. The number of nitrogens with one attached hydrogen (secondary N) is 3. The van der Waals surface area contributed by atoms with Crippen LogP contribution in [0.25, 0.3) is 17.4 Å². The third-order valence-electron chi connectivity index (χ3n) is 6.56. The molecule has 0 aliphatic carbocycles. The van der Waals surface area contributed by atoms with E-state index in [9.17, 15) is 27.6 Å². The van der Waals surface area contributed by atoms with Crippen LogP contribution in [0.5, 0.6) is 0 Å². The van der Waals surface area contributed by atoms with Crippen LogP contribution in [-0.2, 0) is 15.8 Å². The van der Waals surface area contributed by atoms with Gasteiger partial charge in [-0.1, -0.05) is 58.4 Å². The normalized spacial score (nSPS) is 11.5. The van der Waals surface area contributed by atoms with Gasteiger partial charge in [0.05, 0.1) is 17.0 Å². The fourth-order valence-electron chi connectivity index (χ4n) is 4.29. The molecule has 0 radical (unpaired) electrons. The Labute approximate surface area is 280 Å². The lowest BCUT2D eigenvalue weighted by Crippen LogP contribution is -2.30. The van der Waals surface area contributed by atoms with Crippen molar-refractivity contribution in [2.24, 2.45) is 0 Å². The summed E-state index contributed by atoms with van der Waals surface area (Å²) in [5, 5.41) is 7.72. The number of halogens is 4. The number of carbonyl (C=O) groups excluding carboxylic acids is 3. The Bertz CT molecular complexity index is 1910. The average Bonchev–Trinajstić information content (AvgIpc) is 3.53. The molecule has 3 amide bonds. The van der Waals surface area contributed by atoms with Gasteiger partial charge in [-0.3, -0.25) is 14.4 Å². The summed E-state index contributed by atoms with van der Waals surface area (Å²) in [4.78, 5) is 39.4. The lowest BCUT2D eigenvalue weighted by Gasteiger charge is -2.13. The molecule has 0 spiro atoms. The summed E-state index contributed by atoms with van der Waals surface area (Å²) in [6.45, 7) is 0. The van der Waals surface area contributed by atoms with Gasteiger partial charge in [0.15, 0.2) is 0 Å². The van der Waals surface area contributed by atoms with E-state index >= 15 is 0 Å². The molecule has 12 heteroatoms. The first-order valence-corrected chi connectivity index (χ1v) is 15.8. The van der Waals surface area contributed by atoms with Gasteiger partial charge in [-0.15, -0.1) is 11.8 Å². The second kappa shape index (κ2) is 15.0. The summed E-state index contributed by atoms with van der Waals surface area (Å²) in [7, 11) is 0. The van der Waals surface area contributed by atoms with Crippen molar-refractivity contribution < 1.29 is 32.0 Å². The van der Waals surface area contributed by atoms with Crippen molar-refractivity contribution >= 4 is 62.9 Å². The molecule has 5 aromatic rings. The van der Waals surface area contributed by atoms with Gasteiger partial charge in [-0.05, 0) is 72.8 Å². The number of carbonyl (C=O) groups is 3. The van der Waals surface area contributed by atoms with Crippen LogP contribution in [-0.4, -0.2) is 23.5 Å². The predicted molar refractivity (Wildman–Crippen MR) is 180 cm³/mol. The van der Waals surface area contributed by atoms with Crippen molar-refractivity contribution in [3.63, 3.8) is 0 Å². The summed E-state index contributed by atoms with van der Waals surface area (Å²) in [6, 6.07) is 30.7. The Balaban J connectivity index is 1.26. The number of thioether (sulfide) groups is 1. The largest absolute Gasteiger partial charge is 0.457 e.